The Balaban J connectivity index is 1.76. The van der Waals surface area contributed by atoms with Crippen molar-refractivity contribution in [3.8, 4) is 17.1 Å². The van der Waals surface area contributed by atoms with E-state index < -0.39 is 0 Å². The summed E-state index contributed by atoms with van der Waals surface area (Å²) < 4.78 is 5.25. The van der Waals surface area contributed by atoms with Crippen LogP contribution in [0.5, 0.6) is 5.75 Å². The van der Waals surface area contributed by atoms with Gasteiger partial charge in [0.15, 0.2) is 0 Å². The van der Waals surface area contributed by atoms with E-state index >= 15 is 0 Å². The summed E-state index contributed by atoms with van der Waals surface area (Å²) in [6.07, 6.45) is 1.97. The third-order valence-electron chi connectivity index (χ3n) is 3.20. The Morgan fingerprint density at radius 3 is 3.17 bits per heavy atom. The summed E-state index contributed by atoms with van der Waals surface area (Å²) in [6.45, 7) is 2.09. The second-order valence-electron chi connectivity index (χ2n) is 4.63. The summed E-state index contributed by atoms with van der Waals surface area (Å²) in [5.41, 5.74) is 0.773. The molecular weight excluding hydrogens is 230 g/mol. The fraction of sp³-hybridized carbons (Fsp3) is 0.385. The zero-order valence-corrected chi connectivity index (χ0v) is 9.97. The van der Waals surface area contributed by atoms with Crippen LogP contribution >= 0.6 is 0 Å². The highest BCUT2D eigenvalue weighted by Gasteiger charge is 2.18. The van der Waals surface area contributed by atoms with Crippen LogP contribution in [-0.2, 0) is 6.42 Å². The minimum Gasteiger partial charge on any atom is -0.508 e. The molecule has 5 heteroatoms. The number of nitrogens with zero attached hydrogens (tertiary/aromatic N) is 2. The Morgan fingerprint density at radius 1 is 1.44 bits per heavy atom. The largest absolute Gasteiger partial charge is 0.508 e. The Kier molecular flexibility index (Phi) is 2.98. The summed E-state index contributed by atoms with van der Waals surface area (Å²) >= 11 is 0. The van der Waals surface area contributed by atoms with Gasteiger partial charge >= 0.3 is 0 Å². The normalized spacial score (nSPS) is 19.2. The van der Waals surface area contributed by atoms with Crippen LogP contribution in [0.3, 0.4) is 0 Å². The average Bonchev–Trinajstić information content (AvgIpc) is 3.01. The van der Waals surface area contributed by atoms with Gasteiger partial charge in [0, 0.05) is 12.0 Å². The van der Waals surface area contributed by atoms with Crippen molar-refractivity contribution in [2.75, 3.05) is 13.1 Å². The van der Waals surface area contributed by atoms with Gasteiger partial charge in [0.05, 0.1) is 0 Å². The highest BCUT2D eigenvalue weighted by atomic mass is 16.5. The first kappa shape index (κ1) is 11.2. The smallest absolute Gasteiger partial charge is 0.227 e. The van der Waals surface area contributed by atoms with Gasteiger partial charge in [-0.05, 0) is 37.6 Å². The molecule has 0 saturated carbocycles. The predicted octanol–water partition coefficient (Wildman–Crippen LogP) is 1.59. The van der Waals surface area contributed by atoms with E-state index in [0.29, 0.717) is 17.6 Å². The fourth-order valence-electron chi connectivity index (χ4n) is 2.24. The van der Waals surface area contributed by atoms with Gasteiger partial charge in [-0.2, -0.15) is 4.98 Å². The Labute approximate surface area is 105 Å². The van der Waals surface area contributed by atoms with Crippen LogP contribution in [0.4, 0.5) is 0 Å². The molecule has 0 radical (unpaired) electrons. The molecule has 1 fully saturated rings. The lowest BCUT2D eigenvalue weighted by Crippen LogP contribution is -2.10. The van der Waals surface area contributed by atoms with E-state index in [9.17, 15) is 5.11 Å². The van der Waals surface area contributed by atoms with Crippen LogP contribution in [0.25, 0.3) is 11.4 Å². The second-order valence-corrected chi connectivity index (χ2v) is 4.63. The predicted molar refractivity (Wildman–Crippen MR) is 66.1 cm³/mol. The molecule has 0 spiro atoms. The summed E-state index contributed by atoms with van der Waals surface area (Å²) in [7, 11) is 0. The van der Waals surface area contributed by atoms with Gasteiger partial charge in [0.2, 0.25) is 11.7 Å². The SMILES string of the molecule is Oc1cccc(-c2noc(CC3CCNC3)n2)c1. The van der Waals surface area contributed by atoms with Crippen LogP contribution in [0.1, 0.15) is 12.3 Å². The van der Waals surface area contributed by atoms with Crippen molar-refractivity contribution in [1.82, 2.24) is 15.5 Å². The first-order chi connectivity index (χ1) is 8.81. The summed E-state index contributed by atoms with van der Waals surface area (Å²) in [4.78, 5) is 4.37. The number of phenolic OH excluding ortho intramolecular Hbond substituents is 1. The Hall–Kier alpha value is -1.88. The molecule has 1 aromatic heterocycles. The van der Waals surface area contributed by atoms with E-state index in [1.54, 1.807) is 18.2 Å². The second kappa shape index (κ2) is 4.78. The number of hydrogen-bond acceptors (Lipinski definition) is 5. The molecule has 94 valence electrons. The third-order valence-corrected chi connectivity index (χ3v) is 3.20. The number of benzene rings is 1. The Morgan fingerprint density at radius 2 is 2.39 bits per heavy atom. The molecule has 0 bridgehead atoms. The van der Waals surface area contributed by atoms with Crippen molar-refractivity contribution >= 4 is 0 Å². The standard InChI is InChI=1S/C13H15N3O2/c17-11-3-1-2-10(7-11)13-15-12(18-16-13)6-9-4-5-14-8-9/h1-3,7,9,14,17H,4-6,8H2. The molecule has 2 heterocycles. The van der Waals surface area contributed by atoms with Crippen molar-refractivity contribution in [3.05, 3.63) is 30.2 Å². The molecule has 1 atom stereocenters. The molecule has 2 aromatic rings. The molecule has 1 aliphatic rings. The third kappa shape index (κ3) is 2.36. The first-order valence-corrected chi connectivity index (χ1v) is 6.14. The monoisotopic (exact) mass is 245 g/mol. The molecule has 1 aromatic carbocycles. The molecule has 18 heavy (non-hydrogen) atoms. The molecule has 0 amide bonds. The molecule has 2 N–H and O–H groups in total. The van der Waals surface area contributed by atoms with E-state index in [1.807, 2.05) is 6.07 Å². The van der Waals surface area contributed by atoms with Crippen LogP contribution in [0, 0.1) is 5.92 Å². The molecule has 5 nitrogen and oxygen atoms in total. The summed E-state index contributed by atoms with van der Waals surface area (Å²) in [5, 5.41) is 16.7. The van der Waals surface area contributed by atoms with E-state index in [4.69, 9.17) is 4.52 Å². The van der Waals surface area contributed by atoms with Gasteiger partial charge < -0.3 is 14.9 Å². The molecule has 1 unspecified atom stereocenters. The quantitative estimate of drug-likeness (QED) is 0.859. The average molecular weight is 245 g/mol. The van der Waals surface area contributed by atoms with Crippen LogP contribution in [0.2, 0.25) is 0 Å². The van der Waals surface area contributed by atoms with Crippen LogP contribution in [-0.4, -0.2) is 28.3 Å². The number of aromatic nitrogens is 2. The van der Waals surface area contributed by atoms with E-state index in [0.717, 1.165) is 31.5 Å². The van der Waals surface area contributed by atoms with Crippen LogP contribution in [0.15, 0.2) is 28.8 Å². The molecule has 1 aliphatic heterocycles. The number of hydrogen-bond donors (Lipinski definition) is 2. The molecule has 1 saturated heterocycles. The van der Waals surface area contributed by atoms with Gasteiger partial charge in [0.25, 0.3) is 0 Å². The lowest BCUT2D eigenvalue weighted by atomic mass is 10.1. The minimum absolute atomic E-state index is 0.207. The fourth-order valence-corrected chi connectivity index (χ4v) is 2.24. The molecule has 3 rings (SSSR count). The Bertz CT molecular complexity index is 533. The highest BCUT2D eigenvalue weighted by Crippen LogP contribution is 2.21. The number of aromatic hydroxyl groups is 1. The maximum absolute atomic E-state index is 9.42. The van der Waals surface area contributed by atoms with Gasteiger partial charge in [-0.15, -0.1) is 0 Å². The van der Waals surface area contributed by atoms with Crippen molar-refractivity contribution in [1.29, 1.82) is 0 Å². The summed E-state index contributed by atoms with van der Waals surface area (Å²) in [6, 6.07) is 6.87. The van der Waals surface area contributed by atoms with E-state index in [2.05, 4.69) is 15.5 Å². The lowest BCUT2D eigenvalue weighted by Gasteiger charge is -2.01. The van der Waals surface area contributed by atoms with Crippen molar-refractivity contribution in [2.24, 2.45) is 5.92 Å². The molecule has 0 aliphatic carbocycles. The van der Waals surface area contributed by atoms with Gasteiger partial charge in [0.1, 0.15) is 5.75 Å². The van der Waals surface area contributed by atoms with Crippen molar-refractivity contribution in [2.45, 2.75) is 12.8 Å². The lowest BCUT2D eigenvalue weighted by molar-refractivity contribution is 0.358. The van der Waals surface area contributed by atoms with Crippen LogP contribution < -0.4 is 5.32 Å². The maximum Gasteiger partial charge on any atom is 0.227 e. The number of phenols is 1. The first-order valence-electron chi connectivity index (χ1n) is 6.14. The topological polar surface area (TPSA) is 71.2 Å². The number of rotatable bonds is 3. The zero-order valence-electron chi connectivity index (χ0n) is 9.97. The van der Waals surface area contributed by atoms with Crippen molar-refractivity contribution < 1.29 is 9.63 Å². The minimum atomic E-state index is 0.207. The molecular formula is C13H15N3O2. The van der Waals surface area contributed by atoms with E-state index in [-0.39, 0.29) is 5.75 Å². The van der Waals surface area contributed by atoms with E-state index in [1.165, 1.54) is 0 Å². The van der Waals surface area contributed by atoms with Gasteiger partial charge in [-0.1, -0.05) is 17.3 Å². The maximum atomic E-state index is 9.42. The highest BCUT2D eigenvalue weighted by molar-refractivity contribution is 5.56. The summed E-state index contributed by atoms with van der Waals surface area (Å²) in [5.74, 6) is 2.00. The van der Waals surface area contributed by atoms with Gasteiger partial charge in [-0.25, -0.2) is 0 Å². The number of nitrogens with one attached hydrogen (secondary N) is 1. The van der Waals surface area contributed by atoms with Gasteiger partial charge in [-0.3, -0.25) is 0 Å². The van der Waals surface area contributed by atoms with Crippen molar-refractivity contribution in [3.63, 3.8) is 0 Å². The zero-order chi connectivity index (χ0) is 12.4.